The zero-order chi connectivity index (χ0) is 17.4. The molecule has 0 saturated carbocycles. The van der Waals surface area contributed by atoms with E-state index in [1.165, 1.54) is 11.3 Å². The van der Waals surface area contributed by atoms with E-state index in [-0.39, 0.29) is 23.8 Å². The summed E-state index contributed by atoms with van der Waals surface area (Å²) in [6.45, 7) is 3.33. The molecule has 25 heavy (non-hydrogen) atoms. The Balaban J connectivity index is 1.40. The highest BCUT2D eigenvalue weighted by Gasteiger charge is 2.32. The zero-order valence-electron chi connectivity index (χ0n) is 13.8. The first-order chi connectivity index (χ1) is 12.1. The summed E-state index contributed by atoms with van der Waals surface area (Å²) in [4.78, 5) is 34.8. The molecule has 1 fully saturated rings. The van der Waals surface area contributed by atoms with Crippen molar-refractivity contribution in [2.45, 2.75) is 19.4 Å². The van der Waals surface area contributed by atoms with E-state index >= 15 is 0 Å². The number of likely N-dealkylation sites (tertiary alicyclic amines) is 1. The number of amides is 2. The summed E-state index contributed by atoms with van der Waals surface area (Å²) >= 11 is 1.51. The van der Waals surface area contributed by atoms with Gasteiger partial charge in [-0.2, -0.15) is 0 Å². The molecular weight excluding hydrogens is 338 g/mol. The van der Waals surface area contributed by atoms with Gasteiger partial charge in [0, 0.05) is 36.9 Å². The first-order valence-electron chi connectivity index (χ1n) is 8.27. The second kappa shape index (κ2) is 6.36. The summed E-state index contributed by atoms with van der Waals surface area (Å²) in [7, 11) is 0. The fraction of sp³-hybridized carbons (Fsp3) is 0.353. The van der Waals surface area contributed by atoms with E-state index in [0.717, 1.165) is 11.4 Å². The molecule has 130 valence electrons. The molecule has 1 aliphatic rings. The summed E-state index contributed by atoms with van der Waals surface area (Å²) in [5.74, 6) is 0.128. The number of aromatic nitrogens is 3. The van der Waals surface area contributed by atoms with E-state index in [1.54, 1.807) is 24.5 Å². The van der Waals surface area contributed by atoms with Crippen LogP contribution in [0.1, 0.15) is 34.3 Å². The number of fused-ring (bicyclic) bond motifs is 1. The van der Waals surface area contributed by atoms with Gasteiger partial charge in [0.15, 0.2) is 4.96 Å². The number of aromatic amines is 1. The zero-order valence-corrected chi connectivity index (χ0v) is 14.6. The number of rotatable bonds is 4. The number of hydrogen-bond donors (Lipinski definition) is 2. The number of nitrogens with one attached hydrogen (secondary N) is 2. The molecule has 0 spiro atoms. The predicted molar refractivity (Wildman–Crippen MR) is 94.8 cm³/mol. The minimum absolute atomic E-state index is 0.000191. The van der Waals surface area contributed by atoms with E-state index in [1.807, 2.05) is 27.8 Å². The maximum absolute atomic E-state index is 12.8. The molecule has 2 atom stereocenters. The van der Waals surface area contributed by atoms with E-state index < -0.39 is 0 Å². The van der Waals surface area contributed by atoms with Crippen LogP contribution in [0.2, 0.25) is 0 Å². The lowest BCUT2D eigenvalue weighted by Crippen LogP contribution is -2.40. The van der Waals surface area contributed by atoms with E-state index in [4.69, 9.17) is 0 Å². The molecule has 0 radical (unpaired) electrons. The van der Waals surface area contributed by atoms with Gasteiger partial charge < -0.3 is 15.2 Å². The van der Waals surface area contributed by atoms with Crippen molar-refractivity contribution < 1.29 is 9.59 Å². The molecule has 2 amide bonds. The van der Waals surface area contributed by atoms with Crippen molar-refractivity contribution in [1.82, 2.24) is 24.6 Å². The van der Waals surface area contributed by atoms with Crippen molar-refractivity contribution >= 4 is 28.1 Å². The van der Waals surface area contributed by atoms with Gasteiger partial charge in [0.2, 0.25) is 0 Å². The molecule has 2 unspecified atom stereocenters. The molecule has 0 bridgehead atoms. The SMILES string of the molecule is CC(NC(=O)c1ccc[nH]1)C1CCN(C(=O)c2cnc3sccn23)C1. The Morgan fingerprint density at radius 3 is 3.16 bits per heavy atom. The van der Waals surface area contributed by atoms with Crippen LogP contribution in [0.3, 0.4) is 0 Å². The maximum Gasteiger partial charge on any atom is 0.272 e. The molecule has 1 saturated heterocycles. The van der Waals surface area contributed by atoms with Crippen LogP contribution in [0.25, 0.3) is 4.96 Å². The Hall–Kier alpha value is -2.61. The smallest absolute Gasteiger partial charge is 0.272 e. The van der Waals surface area contributed by atoms with Crippen molar-refractivity contribution in [3.63, 3.8) is 0 Å². The van der Waals surface area contributed by atoms with Crippen LogP contribution in [0.5, 0.6) is 0 Å². The Kier molecular flexibility index (Phi) is 4.04. The molecule has 3 aromatic heterocycles. The quantitative estimate of drug-likeness (QED) is 0.749. The van der Waals surface area contributed by atoms with Crippen LogP contribution in [0.4, 0.5) is 0 Å². The van der Waals surface area contributed by atoms with Crippen molar-refractivity contribution in [3.8, 4) is 0 Å². The highest BCUT2D eigenvalue weighted by atomic mass is 32.1. The van der Waals surface area contributed by atoms with Crippen molar-refractivity contribution in [1.29, 1.82) is 0 Å². The lowest BCUT2D eigenvalue weighted by molar-refractivity contribution is 0.0777. The Labute approximate surface area is 148 Å². The number of nitrogens with zero attached hydrogens (tertiary/aromatic N) is 3. The summed E-state index contributed by atoms with van der Waals surface area (Å²) < 4.78 is 1.83. The Morgan fingerprint density at radius 1 is 1.48 bits per heavy atom. The highest BCUT2D eigenvalue weighted by molar-refractivity contribution is 7.15. The summed E-state index contributed by atoms with van der Waals surface area (Å²) in [6.07, 6.45) is 6.11. The van der Waals surface area contributed by atoms with Gasteiger partial charge in [0.05, 0.1) is 6.20 Å². The highest BCUT2D eigenvalue weighted by Crippen LogP contribution is 2.23. The lowest BCUT2D eigenvalue weighted by Gasteiger charge is -2.21. The van der Waals surface area contributed by atoms with Gasteiger partial charge in [-0.1, -0.05) is 0 Å². The van der Waals surface area contributed by atoms with Crippen LogP contribution >= 0.6 is 11.3 Å². The molecule has 4 heterocycles. The topological polar surface area (TPSA) is 82.5 Å². The predicted octanol–water partition coefficient (Wildman–Crippen LogP) is 2.00. The normalized spacial score (nSPS) is 18.6. The number of H-pyrrole nitrogens is 1. The average molecular weight is 357 g/mol. The van der Waals surface area contributed by atoms with Crippen LogP contribution in [0, 0.1) is 5.92 Å². The minimum Gasteiger partial charge on any atom is -0.357 e. The van der Waals surface area contributed by atoms with Gasteiger partial charge >= 0.3 is 0 Å². The van der Waals surface area contributed by atoms with Gasteiger partial charge in [0.1, 0.15) is 11.4 Å². The van der Waals surface area contributed by atoms with Gasteiger partial charge in [0.25, 0.3) is 11.8 Å². The van der Waals surface area contributed by atoms with Gasteiger partial charge in [-0.15, -0.1) is 11.3 Å². The van der Waals surface area contributed by atoms with Gasteiger partial charge in [-0.3, -0.25) is 14.0 Å². The van der Waals surface area contributed by atoms with Crippen molar-refractivity contribution in [2.75, 3.05) is 13.1 Å². The van der Waals surface area contributed by atoms with Crippen LogP contribution in [-0.4, -0.2) is 50.2 Å². The number of thiazole rings is 1. The summed E-state index contributed by atoms with van der Waals surface area (Å²) in [5.41, 5.74) is 1.15. The van der Waals surface area contributed by atoms with E-state index in [2.05, 4.69) is 15.3 Å². The molecule has 0 aliphatic carbocycles. The fourth-order valence-corrected chi connectivity index (χ4v) is 3.99. The average Bonchev–Trinajstić information content (AvgIpc) is 3.38. The van der Waals surface area contributed by atoms with E-state index in [0.29, 0.717) is 24.5 Å². The third-order valence-electron chi connectivity index (χ3n) is 4.79. The third kappa shape index (κ3) is 2.93. The lowest BCUT2D eigenvalue weighted by atomic mass is 10.0. The fourth-order valence-electron chi connectivity index (χ4n) is 3.30. The van der Waals surface area contributed by atoms with Crippen molar-refractivity contribution in [3.05, 3.63) is 47.5 Å². The van der Waals surface area contributed by atoms with Crippen LogP contribution in [0.15, 0.2) is 36.1 Å². The van der Waals surface area contributed by atoms with Gasteiger partial charge in [-0.05, 0) is 31.4 Å². The monoisotopic (exact) mass is 357 g/mol. The van der Waals surface area contributed by atoms with Crippen molar-refractivity contribution in [2.24, 2.45) is 5.92 Å². The third-order valence-corrected chi connectivity index (χ3v) is 5.56. The minimum atomic E-state index is -0.113. The molecule has 8 heteroatoms. The molecular formula is C17H19N5O2S. The Bertz CT molecular complexity index is 897. The first kappa shape index (κ1) is 15.9. The molecule has 1 aliphatic heterocycles. The molecule has 0 aromatic carbocycles. The summed E-state index contributed by atoms with van der Waals surface area (Å²) in [6, 6.07) is 3.55. The second-order valence-electron chi connectivity index (χ2n) is 6.34. The maximum atomic E-state index is 12.8. The summed E-state index contributed by atoms with van der Waals surface area (Å²) in [5, 5.41) is 4.94. The number of carbonyl (C=O) groups excluding carboxylic acids is 2. The van der Waals surface area contributed by atoms with Gasteiger partial charge in [-0.25, -0.2) is 4.98 Å². The number of imidazole rings is 1. The van der Waals surface area contributed by atoms with Crippen LogP contribution in [-0.2, 0) is 0 Å². The molecule has 2 N–H and O–H groups in total. The Morgan fingerprint density at radius 2 is 2.36 bits per heavy atom. The number of carbonyl (C=O) groups is 2. The molecule has 7 nitrogen and oxygen atoms in total. The van der Waals surface area contributed by atoms with Crippen LogP contribution < -0.4 is 5.32 Å². The number of hydrogen-bond acceptors (Lipinski definition) is 4. The molecule has 4 rings (SSSR count). The molecule has 3 aromatic rings. The second-order valence-corrected chi connectivity index (χ2v) is 7.22. The van der Waals surface area contributed by atoms with E-state index in [9.17, 15) is 9.59 Å². The largest absolute Gasteiger partial charge is 0.357 e. The standard InChI is InChI=1S/C17H19N5O2S/c1-11(20-15(23)13-3-2-5-18-13)12-4-6-21(10-12)16(24)14-9-19-17-22(14)7-8-25-17/h2-3,5,7-9,11-12,18H,4,6,10H2,1H3,(H,20,23). The first-order valence-corrected chi connectivity index (χ1v) is 9.15.